The Balaban J connectivity index is 1.60. The molecule has 3 heterocycles. The number of benzene rings is 2. The summed E-state index contributed by atoms with van der Waals surface area (Å²) < 4.78 is 13.8. The molecule has 0 saturated carbocycles. The first kappa shape index (κ1) is 25.7. The molecule has 0 aliphatic heterocycles. The minimum absolute atomic E-state index is 0.0204. The molecule has 9 nitrogen and oxygen atoms in total. The Morgan fingerprint density at radius 2 is 1.74 bits per heavy atom. The SMILES string of the molecule is COc1ccc(CCn2c(=N)c(C(=O)N[C@H](C)c3ccccc3)cc3c(=O)n4ccccc4nc32)cc1OC. The maximum absolute atomic E-state index is 13.5. The number of fused-ring (bicyclic) bond motifs is 2. The van der Waals surface area contributed by atoms with Gasteiger partial charge in [-0.3, -0.25) is 19.4 Å². The summed E-state index contributed by atoms with van der Waals surface area (Å²) in [5.41, 5.74) is 2.47. The van der Waals surface area contributed by atoms with Gasteiger partial charge in [-0.15, -0.1) is 0 Å². The number of amides is 1. The summed E-state index contributed by atoms with van der Waals surface area (Å²) in [5, 5.41) is 12.2. The van der Waals surface area contributed by atoms with Crippen molar-refractivity contribution in [1.29, 1.82) is 5.41 Å². The number of rotatable bonds is 8. The molecule has 0 spiro atoms. The second-order valence-electron chi connectivity index (χ2n) is 9.19. The summed E-state index contributed by atoms with van der Waals surface area (Å²) in [6, 6.07) is 21.7. The van der Waals surface area contributed by atoms with Gasteiger partial charge in [-0.05, 0) is 54.8 Å². The lowest BCUT2D eigenvalue weighted by molar-refractivity contribution is 0.0937. The highest BCUT2D eigenvalue weighted by Crippen LogP contribution is 2.28. The van der Waals surface area contributed by atoms with Crippen LogP contribution in [0.25, 0.3) is 16.7 Å². The van der Waals surface area contributed by atoms with E-state index in [0.717, 1.165) is 11.1 Å². The Hall–Kier alpha value is -4.92. The summed E-state index contributed by atoms with van der Waals surface area (Å²) in [7, 11) is 3.16. The topological polar surface area (TPSA) is 111 Å². The largest absolute Gasteiger partial charge is 0.493 e. The van der Waals surface area contributed by atoms with E-state index in [1.165, 1.54) is 10.5 Å². The Labute approximate surface area is 224 Å². The molecule has 0 saturated heterocycles. The van der Waals surface area contributed by atoms with Gasteiger partial charge < -0.3 is 19.4 Å². The van der Waals surface area contributed by atoms with Crippen LogP contribution >= 0.6 is 0 Å². The molecule has 0 bridgehead atoms. The molecule has 1 amide bonds. The number of nitrogens with one attached hydrogen (secondary N) is 2. The quantitative estimate of drug-likeness (QED) is 0.300. The van der Waals surface area contributed by atoms with E-state index >= 15 is 0 Å². The van der Waals surface area contributed by atoms with Gasteiger partial charge in [0.2, 0.25) is 0 Å². The van der Waals surface area contributed by atoms with Crippen LogP contribution in [0, 0.1) is 5.41 Å². The van der Waals surface area contributed by atoms with Gasteiger partial charge in [0.05, 0.1) is 31.2 Å². The molecule has 1 atom stereocenters. The zero-order valence-electron chi connectivity index (χ0n) is 22.0. The summed E-state index contributed by atoms with van der Waals surface area (Å²) in [6.07, 6.45) is 2.15. The third kappa shape index (κ3) is 4.98. The minimum Gasteiger partial charge on any atom is -0.493 e. The van der Waals surface area contributed by atoms with Crippen LogP contribution in [0.5, 0.6) is 11.5 Å². The van der Waals surface area contributed by atoms with E-state index in [0.29, 0.717) is 35.8 Å². The first-order chi connectivity index (χ1) is 18.9. The van der Waals surface area contributed by atoms with Crippen LogP contribution in [-0.2, 0) is 13.0 Å². The van der Waals surface area contributed by atoms with Crippen molar-refractivity contribution in [2.75, 3.05) is 14.2 Å². The monoisotopic (exact) mass is 523 g/mol. The first-order valence-electron chi connectivity index (χ1n) is 12.6. The molecule has 5 aromatic rings. The van der Waals surface area contributed by atoms with Crippen LogP contribution in [0.15, 0.2) is 83.8 Å². The number of aromatic nitrogens is 3. The van der Waals surface area contributed by atoms with E-state index in [4.69, 9.17) is 19.9 Å². The van der Waals surface area contributed by atoms with Gasteiger partial charge in [-0.25, -0.2) is 4.98 Å². The zero-order chi connectivity index (χ0) is 27.5. The number of nitrogens with zero attached hydrogens (tertiary/aromatic N) is 3. The lowest BCUT2D eigenvalue weighted by Gasteiger charge is -2.17. The van der Waals surface area contributed by atoms with Crippen LogP contribution in [0.2, 0.25) is 0 Å². The number of carbonyl (C=O) groups is 1. The van der Waals surface area contributed by atoms with Crippen LogP contribution in [-0.4, -0.2) is 34.1 Å². The fraction of sp³-hybridized carbons (Fsp3) is 0.200. The van der Waals surface area contributed by atoms with Gasteiger partial charge in [0, 0.05) is 12.7 Å². The van der Waals surface area contributed by atoms with Crippen molar-refractivity contribution in [3.8, 4) is 11.5 Å². The smallest absolute Gasteiger partial charge is 0.267 e. The lowest BCUT2D eigenvalue weighted by Crippen LogP contribution is -2.36. The molecular formula is C30H29N5O4. The number of carbonyl (C=O) groups excluding carboxylic acids is 1. The van der Waals surface area contributed by atoms with Crippen molar-refractivity contribution in [3.05, 3.63) is 112 Å². The molecule has 2 N–H and O–H groups in total. The molecule has 3 aromatic heterocycles. The minimum atomic E-state index is -0.435. The van der Waals surface area contributed by atoms with Crippen LogP contribution in [0.3, 0.4) is 0 Å². The predicted octanol–water partition coefficient (Wildman–Crippen LogP) is 3.88. The highest BCUT2D eigenvalue weighted by Gasteiger charge is 2.19. The summed E-state index contributed by atoms with van der Waals surface area (Å²) >= 11 is 0. The second-order valence-corrected chi connectivity index (χ2v) is 9.19. The van der Waals surface area contributed by atoms with Crippen molar-refractivity contribution in [2.24, 2.45) is 0 Å². The Morgan fingerprint density at radius 1 is 1.00 bits per heavy atom. The number of hydrogen-bond donors (Lipinski definition) is 2. The number of pyridine rings is 2. The molecule has 0 aliphatic carbocycles. The molecule has 0 radical (unpaired) electrons. The maximum Gasteiger partial charge on any atom is 0.267 e. The average molecular weight is 524 g/mol. The molecule has 0 fully saturated rings. The Morgan fingerprint density at radius 3 is 2.49 bits per heavy atom. The van der Waals surface area contributed by atoms with E-state index in [9.17, 15) is 9.59 Å². The van der Waals surface area contributed by atoms with Gasteiger partial charge in [-0.1, -0.05) is 42.5 Å². The number of ether oxygens (including phenoxy) is 2. The van der Waals surface area contributed by atoms with E-state index < -0.39 is 5.91 Å². The first-order valence-corrected chi connectivity index (χ1v) is 12.6. The normalized spacial score (nSPS) is 11.9. The van der Waals surface area contributed by atoms with E-state index in [-0.39, 0.29) is 28.0 Å². The van der Waals surface area contributed by atoms with E-state index in [2.05, 4.69) is 5.32 Å². The Kier molecular flexibility index (Phi) is 7.14. The fourth-order valence-electron chi connectivity index (χ4n) is 4.65. The van der Waals surface area contributed by atoms with Crippen molar-refractivity contribution < 1.29 is 14.3 Å². The van der Waals surface area contributed by atoms with Crippen LogP contribution in [0.1, 0.15) is 34.5 Å². The maximum atomic E-state index is 13.5. The third-order valence-corrected chi connectivity index (χ3v) is 6.78. The standard InChI is InChI=1S/C30H29N5O4/c1-19(21-9-5-4-6-10-21)32-29(36)22-18-23-28(33-26-11-7-8-15-34(26)30(23)37)35(27(22)31)16-14-20-12-13-24(38-2)25(17-20)39-3/h4-13,15,17-19,31H,14,16H2,1-3H3,(H,32,36)/t19-/m1/s1. The summed E-state index contributed by atoms with van der Waals surface area (Å²) in [5.74, 6) is 0.782. The number of hydrogen-bond acceptors (Lipinski definition) is 6. The van der Waals surface area contributed by atoms with Crippen molar-refractivity contribution >= 4 is 22.6 Å². The molecular weight excluding hydrogens is 494 g/mol. The predicted molar refractivity (Wildman–Crippen MR) is 148 cm³/mol. The lowest BCUT2D eigenvalue weighted by atomic mass is 10.1. The molecule has 5 rings (SSSR count). The third-order valence-electron chi connectivity index (χ3n) is 6.78. The zero-order valence-corrected chi connectivity index (χ0v) is 22.0. The van der Waals surface area contributed by atoms with E-state index in [1.54, 1.807) is 43.2 Å². The van der Waals surface area contributed by atoms with Gasteiger partial charge in [0.25, 0.3) is 11.5 Å². The van der Waals surface area contributed by atoms with E-state index in [1.807, 2.05) is 55.5 Å². The van der Waals surface area contributed by atoms with Gasteiger partial charge in [-0.2, -0.15) is 0 Å². The molecule has 0 aliphatic rings. The van der Waals surface area contributed by atoms with Crippen molar-refractivity contribution in [1.82, 2.24) is 19.3 Å². The van der Waals surface area contributed by atoms with Gasteiger partial charge >= 0.3 is 0 Å². The summed E-state index contributed by atoms with van der Waals surface area (Å²) in [4.78, 5) is 31.6. The number of aryl methyl sites for hydroxylation is 2. The highest BCUT2D eigenvalue weighted by atomic mass is 16.5. The Bertz CT molecular complexity index is 1790. The van der Waals surface area contributed by atoms with Crippen molar-refractivity contribution in [2.45, 2.75) is 25.9 Å². The molecule has 198 valence electrons. The molecule has 0 unspecified atom stereocenters. The summed E-state index contributed by atoms with van der Waals surface area (Å²) in [6.45, 7) is 2.20. The highest BCUT2D eigenvalue weighted by molar-refractivity contribution is 5.97. The molecule has 2 aromatic carbocycles. The number of methoxy groups -OCH3 is 2. The molecule has 39 heavy (non-hydrogen) atoms. The average Bonchev–Trinajstić information content (AvgIpc) is 2.97. The van der Waals surface area contributed by atoms with Crippen molar-refractivity contribution in [3.63, 3.8) is 0 Å². The van der Waals surface area contributed by atoms with Gasteiger partial charge in [0.15, 0.2) is 11.5 Å². The molecule has 9 heteroatoms. The van der Waals surface area contributed by atoms with Crippen LogP contribution in [0.4, 0.5) is 0 Å². The fourth-order valence-corrected chi connectivity index (χ4v) is 4.65. The van der Waals surface area contributed by atoms with Gasteiger partial charge in [0.1, 0.15) is 16.8 Å². The second kappa shape index (κ2) is 10.8. The van der Waals surface area contributed by atoms with Crippen LogP contribution < -0.4 is 25.8 Å².